The Hall–Kier alpha value is -0.910. The lowest BCUT2D eigenvalue weighted by Gasteiger charge is -2.33. The molecule has 1 atom stereocenters. The van der Waals surface area contributed by atoms with Gasteiger partial charge in [0.1, 0.15) is 0 Å². The highest BCUT2D eigenvalue weighted by Crippen LogP contribution is 2.04. The van der Waals surface area contributed by atoms with E-state index < -0.39 is 0 Å². The molecule has 0 aromatic carbocycles. The summed E-state index contributed by atoms with van der Waals surface area (Å²) in [6, 6.07) is 0.544. The summed E-state index contributed by atoms with van der Waals surface area (Å²) in [6.07, 6.45) is 3.56. The van der Waals surface area contributed by atoms with Crippen molar-refractivity contribution in [3.8, 4) is 0 Å². The summed E-state index contributed by atoms with van der Waals surface area (Å²) >= 11 is 0. The molecule has 5 nitrogen and oxygen atoms in total. The monoisotopic (exact) mass is 224 g/mol. The third-order valence-corrected chi connectivity index (χ3v) is 2.95. The van der Waals surface area contributed by atoms with Gasteiger partial charge in [0.2, 0.25) is 0 Å². The number of aromatic amines is 1. The Bertz CT molecular complexity index is 288. The van der Waals surface area contributed by atoms with Crippen molar-refractivity contribution in [2.75, 3.05) is 32.8 Å². The SMILES string of the molecule is CC1COCCN1CCNCc1cnc[nH]1. The molecule has 2 heterocycles. The van der Waals surface area contributed by atoms with Crippen molar-refractivity contribution < 1.29 is 4.74 Å². The fourth-order valence-corrected chi connectivity index (χ4v) is 1.92. The van der Waals surface area contributed by atoms with E-state index in [1.54, 1.807) is 6.33 Å². The van der Waals surface area contributed by atoms with Crippen LogP contribution < -0.4 is 5.32 Å². The van der Waals surface area contributed by atoms with Gasteiger partial charge in [0, 0.05) is 44.1 Å². The van der Waals surface area contributed by atoms with Crippen LogP contribution >= 0.6 is 0 Å². The van der Waals surface area contributed by atoms with Crippen molar-refractivity contribution in [2.45, 2.75) is 19.5 Å². The van der Waals surface area contributed by atoms with Crippen LogP contribution in [0, 0.1) is 0 Å². The third kappa shape index (κ3) is 3.30. The molecule has 0 radical (unpaired) electrons. The van der Waals surface area contributed by atoms with Crippen LogP contribution in [0.3, 0.4) is 0 Å². The second-order valence-electron chi connectivity index (χ2n) is 4.21. The first-order chi connectivity index (χ1) is 7.86. The zero-order valence-corrected chi connectivity index (χ0v) is 9.78. The molecular formula is C11H20N4O. The number of rotatable bonds is 5. The lowest BCUT2D eigenvalue weighted by atomic mass is 10.2. The fraction of sp³-hybridized carbons (Fsp3) is 0.727. The number of ether oxygens (including phenoxy) is 1. The molecule has 0 saturated carbocycles. The average Bonchev–Trinajstić information content (AvgIpc) is 2.79. The summed E-state index contributed by atoms with van der Waals surface area (Å²) in [5, 5.41) is 3.40. The van der Waals surface area contributed by atoms with Gasteiger partial charge in [0.25, 0.3) is 0 Å². The molecule has 16 heavy (non-hydrogen) atoms. The van der Waals surface area contributed by atoms with E-state index >= 15 is 0 Å². The van der Waals surface area contributed by atoms with Crippen molar-refractivity contribution in [3.05, 3.63) is 18.2 Å². The van der Waals surface area contributed by atoms with E-state index in [1.807, 2.05) is 6.20 Å². The maximum absolute atomic E-state index is 5.40. The molecule has 2 N–H and O–H groups in total. The van der Waals surface area contributed by atoms with Crippen LogP contribution in [-0.4, -0.2) is 53.8 Å². The summed E-state index contributed by atoms with van der Waals surface area (Å²) in [7, 11) is 0. The van der Waals surface area contributed by atoms with Crippen molar-refractivity contribution in [1.29, 1.82) is 0 Å². The number of nitrogens with one attached hydrogen (secondary N) is 2. The van der Waals surface area contributed by atoms with Crippen LogP contribution in [0.4, 0.5) is 0 Å². The van der Waals surface area contributed by atoms with Gasteiger partial charge < -0.3 is 15.0 Å². The summed E-state index contributed by atoms with van der Waals surface area (Å²) in [4.78, 5) is 9.52. The highest BCUT2D eigenvalue weighted by Gasteiger charge is 2.17. The smallest absolute Gasteiger partial charge is 0.0922 e. The van der Waals surface area contributed by atoms with Gasteiger partial charge in [-0.25, -0.2) is 4.98 Å². The van der Waals surface area contributed by atoms with Gasteiger partial charge in [-0.15, -0.1) is 0 Å². The minimum Gasteiger partial charge on any atom is -0.379 e. The van der Waals surface area contributed by atoms with E-state index in [0.29, 0.717) is 6.04 Å². The molecule has 1 saturated heterocycles. The highest BCUT2D eigenvalue weighted by atomic mass is 16.5. The number of morpholine rings is 1. The van der Waals surface area contributed by atoms with Crippen LogP contribution in [0.15, 0.2) is 12.5 Å². The Kier molecular flexibility index (Phi) is 4.33. The number of imidazole rings is 1. The lowest BCUT2D eigenvalue weighted by Crippen LogP contribution is -2.46. The zero-order valence-electron chi connectivity index (χ0n) is 9.78. The minimum absolute atomic E-state index is 0.544. The number of nitrogens with zero attached hydrogens (tertiary/aromatic N) is 2. The topological polar surface area (TPSA) is 53.2 Å². The summed E-state index contributed by atoms with van der Waals surface area (Å²) in [5.74, 6) is 0. The normalized spacial score (nSPS) is 22.4. The van der Waals surface area contributed by atoms with Gasteiger partial charge in [-0.2, -0.15) is 0 Å². The van der Waals surface area contributed by atoms with E-state index in [-0.39, 0.29) is 0 Å². The lowest BCUT2D eigenvalue weighted by molar-refractivity contribution is 0.000398. The molecule has 0 spiro atoms. The molecule has 2 rings (SSSR count). The molecule has 5 heteroatoms. The van der Waals surface area contributed by atoms with Gasteiger partial charge in [0.15, 0.2) is 0 Å². The quantitative estimate of drug-likeness (QED) is 0.703. The Labute approximate surface area is 96.2 Å². The molecule has 0 aliphatic carbocycles. The standard InChI is InChI=1S/C11H20N4O/c1-10-8-16-5-4-15(10)3-2-12-6-11-7-13-9-14-11/h7,9-10,12H,2-6,8H2,1H3,(H,13,14). The van der Waals surface area contributed by atoms with Crippen molar-refractivity contribution in [3.63, 3.8) is 0 Å². The van der Waals surface area contributed by atoms with E-state index in [4.69, 9.17) is 4.74 Å². The second kappa shape index (κ2) is 5.98. The van der Waals surface area contributed by atoms with Crippen LogP contribution in [0.1, 0.15) is 12.6 Å². The zero-order chi connectivity index (χ0) is 11.2. The maximum Gasteiger partial charge on any atom is 0.0922 e. The first-order valence-corrected chi connectivity index (χ1v) is 5.86. The predicted molar refractivity (Wildman–Crippen MR) is 62.1 cm³/mol. The molecule has 1 aliphatic rings. The second-order valence-corrected chi connectivity index (χ2v) is 4.21. The average molecular weight is 224 g/mol. The van der Waals surface area contributed by atoms with Crippen molar-refractivity contribution >= 4 is 0 Å². The summed E-state index contributed by atoms with van der Waals surface area (Å²) in [6.45, 7) is 7.94. The predicted octanol–water partition coefficient (Wildman–Crippen LogP) is 0.220. The number of aromatic nitrogens is 2. The Morgan fingerprint density at radius 1 is 1.69 bits per heavy atom. The van der Waals surface area contributed by atoms with E-state index in [1.165, 1.54) is 0 Å². The molecule has 0 bridgehead atoms. The first kappa shape index (κ1) is 11.6. The molecule has 1 aliphatic heterocycles. The molecule has 90 valence electrons. The largest absolute Gasteiger partial charge is 0.379 e. The Morgan fingerprint density at radius 3 is 3.38 bits per heavy atom. The van der Waals surface area contributed by atoms with Crippen molar-refractivity contribution in [1.82, 2.24) is 20.2 Å². The van der Waals surface area contributed by atoms with Gasteiger partial charge in [-0.05, 0) is 6.92 Å². The van der Waals surface area contributed by atoms with Crippen LogP contribution in [-0.2, 0) is 11.3 Å². The fourth-order valence-electron chi connectivity index (χ4n) is 1.92. The van der Waals surface area contributed by atoms with Crippen LogP contribution in [0.2, 0.25) is 0 Å². The van der Waals surface area contributed by atoms with E-state index in [0.717, 1.165) is 45.1 Å². The van der Waals surface area contributed by atoms with E-state index in [2.05, 4.69) is 27.1 Å². The van der Waals surface area contributed by atoms with Gasteiger partial charge in [-0.3, -0.25) is 4.90 Å². The summed E-state index contributed by atoms with van der Waals surface area (Å²) in [5.41, 5.74) is 1.13. The number of hydrogen-bond donors (Lipinski definition) is 2. The van der Waals surface area contributed by atoms with Gasteiger partial charge in [0.05, 0.1) is 19.5 Å². The molecule has 0 amide bonds. The Morgan fingerprint density at radius 2 is 2.62 bits per heavy atom. The molecule has 1 unspecified atom stereocenters. The number of hydrogen-bond acceptors (Lipinski definition) is 4. The van der Waals surface area contributed by atoms with Crippen molar-refractivity contribution in [2.24, 2.45) is 0 Å². The Balaban J connectivity index is 1.60. The molecule has 1 aromatic heterocycles. The van der Waals surface area contributed by atoms with E-state index in [9.17, 15) is 0 Å². The van der Waals surface area contributed by atoms with Gasteiger partial charge in [-0.1, -0.05) is 0 Å². The number of H-pyrrole nitrogens is 1. The molecule has 1 aromatic rings. The van der Waals surface area contributed by atoms with Crippen LogP contribution in [0.5, 0.6) is 0 Å². The molecular weight excluding hydrogens is 204 g/mol. The molecule has 1 fully saturated rings. The van der Waals surface area contributed by atoms with Crippen LogP contribution in [0.25, 0.3) is 0 Å². The summed E-state index contributed by atoms with van der Waals surface area (Å²) < 4.78 is 5.40. The highest BCUT2D eigenvalue weighted by molar-refractivity contribution is 4.93. The van der Waals surface area contributed by atoms with Gasteiger partial charge >= 0.3 is 0 Å². The minimum atomic E-state index is 0.544. The maximum atomic E-state index is 5.40. The first-order valence-electron chi connectivity index (χ1n) is 5.86. The third-order valence-electron chi connectivity index (χ3n) is 2.95.